The smallest absolute Gasteiger partial charge is 0.00869 e. The molecule has 1 rings (SSSR count). The first-order valence-electron chi connectivity index (χ1n) is 3.03. The molecule has 0 aromatic rings. The van der Waals surface area contributed by atoms with E-state index < -0.39 is 0 Å². The second kappa shape index (κ2) is 2.54. The van der Waals surface area contributed by atoms with Crippen LogP contribution in [0, 0.1) is 0 Å². The van der Waals surface area contributed by atoms with Gasteiger partial charge in [-0.15, -0.1) is 5.73 Å². The molecule has 0 aromatic carbocycles. The van der Waals surface area contributed by atoms with E-state index in [1.807, 2.05) is 12.2 Å². The van der Waals surface area contributed by atoms with Crippen LogP contribution in [0.2, 0.25) is 0 Å². The lowest BCUT2D eigenvalue weighted by atomic mass is 10.1. The molecule has 1 aliphatic carbocycles. The van der Waals surface area contributed by atoms with E-state index in [4.69, 9.17) is 0 Å². The van der Waals surface area contributed by atoms with Crippen molar-refractivity contribution in [1.29, 1.82) is 0 Å². The van der Waals surface area contributed by atoms with Crippen LogP contribution in [-0.4, -0.2) is 0 Å². The van der Waals surface area contributed by atoms with Crippen LogP contribution in [0.1, 0.15) is 19.8 Å². The van der Waals surface area contributed by atoms with Crippen molar-refractivity contribution in [3.63, 3.8) is 0 Å². The number of rotatable bonds is 1. The first-order valence-corrected chi connectivity index (χ1v) is 3.03. The van der Waals surface area contributed by atoms with Gasteiger partial charge in [0.25, 0.3) is 0 Å². The largest absolute Gasteiger partial charge is 0.125 e. The molecule has 0 aliphatic heterocycles. The molecule has 0 unspecified atom stereocenters. The summed E-state index contributed by atoms with van der Waals surface area (Å²) in [6.07, 6.45) is 8.53. The van der Waals surface area contributed by atoms with Gasteiger partial charge in [-0.25, -0.2) is 0 Å². The highest BCUT2D eigenvalue weighted by molar-refractivity contribution is 5.22. The quantitative estimate of drug-likeness (QED) is 0.450. The lowest BCUT2D eigenvalue weighted by molar-refractivity contribution is 1.12. The molecule has 0 bridgehead atoms. The predicted octanol–water partition coefficient (Wildman–Crippen LogP) is 2.44. The maximum atomic E-state index is 3.07. The summed E-state index contributed by atoms with van der Waals surface area (Å²) in [5.74, 6) is 0. The van der Waals surface area contributed by atoms with Crippen molar-refractivity contribution in [2.24, 2.45) is 0 Å². The minimum Gasteiger partial charge on any atom is -0.125 e. The fraction of sp³-hybridized carbons (Fsp3) is 0.375. The van der Waals surface area contributed by atoms with Gasteiger partial charge in [0, 0.05) is 0 Å². The summed E-state index contributed by atoms with van der Waals surface area (Å²) < 4.78 is 0. The van der Waals surface area contributed by atoms with Gasteiger partial charge in [0.15, 0.2) is 0 Å². The molecule has 0 radical (unpaired) electrons. The Labute approximate surface area is 50.2 Å². The van der Waals surface area contributed by atoms with E-state index in [-0.39, 0.29) is 0 Å². The van der Waals surface area contributed by atoms with Gasteiger partial charge in [0.05, 0.1) is 0 Å². The predicted molar refractivity (Wildman–Crippen MR) is 35.6 cm³/mol. The Balaban J connectivity index is 2.68. The maximum absolute atomic E-state index is 3.07. The highest BCUT2D eigenvalue weighted by atomic mass is 13.9. The molecular weight excluding hydrogens is 96.1 g/mol. The number of allylic oxidation sites excluding steroid dienone is 3. The molecule has 0 fully saturated rings. The summed E-state index contributed by atoms with van der Waals surface area (Å²) in [5, 5.41) is 0. The second-order valence-electron chi connectivity index (χ2n) is 1.88. The van der Waals surface area contributed by atoms with Gasteiger partial charge in [-0.2, -0.15) is 0 Å². The lowest BCUT2D eigenvalue weighted by Crippen LogP contribution is -1.75. The normalized spacial score (nSPS) is 16.4. The molecule has 42 valence electrons. The van der Waals surface area contributed by atoms with Crippen LogP contribution in [0.5, 0.6) is 0 Å². The van der Waals surface area contributed by atoms with E-state index in [9.17, 15) is 0 Å². The van der Waals surface area contributed by atoms with Crippen molar-refractivity contribution in [1.82, 2.24) is 0 Å². The summed E-state index contributed by atoms with van der Waals surface area (Å²) in [4.78, 5) is 0. The van der Waals surface area contributed by atoms with Crippen molar-refractivity contribution < 1.29 is 0 Å². The van der Waals surface area contributed by atoms with Crippen LogP contribution in [0.3, 0.4) is 0 Å². The van der Waals surface area contributed by atoms with Gasteiger partial charge in [-0.05, 0) is 30.6 Å². The Hall–Kier alpha value is -0.740. The van der Waals surface area contributed by atoms with Crippen molar-refractivity contribution >= 4 is 0 Å². The Kier molecular flexibility index (Phi) is 1.71. The number of hydrogen-bond acceptors (Lipinski definition) is 0. The second-order valence-corrected chi connectivity index (χ2v) is 1.88. The molecule has 0 amide bonds. The fourth-order valence-electron chi connectivity index (χ4n) is 0.750. The third-order valence-corrected chi connectivity index (χ3v) is 1.29. The van der Waals surface area contributed by atoms with E-state index in [1.165, 1.54) is 5.57 Å². The Bertz CT molecular complexity index is 155. The molecule has 0 nitrogen and oxygen atoms in total. The standard InChI is InChI=1S/C8H10/c1-2-8-6-4-3-5-7-8/h3,6-7H,2,4H2,1H3. The molecule has 0 saturated heterocycles. The third kappa shape index (κ3) is 1.11. The zero-order valence-electron chi connectivity index (χ0n) is 5.15. The topological polar surface area (TPSA) is 0 Å². The van der Waals surface area contributed by atoms with E-state index in [0.717, 1.165) is 12.8 Å². The number of hydrogen-bond donors (Lipinski definition) is 0. The van der Waals surface area contributed by atoms with Crippen molar-refractivity contribution in [3.05, 3.63) is 29.5 Å². The van der Waals surface area contributed by atoms with E-state index in [2.05, 4.69) is 18.7 Å². The average molecular weight is 106 g/mol. The zero-order chi connectivity index (χ0) is 5.82. The molecule has 0 spiro atoms. The minimum absolute atomic E-state index is 1.07. The Morgan fingerprint density at radius 2 is 2.62 bits per heavy atom. The molecule has 0 heteroatoms. The third-order valence-electron chi connectivity index (χ3n) is 1.29. The molecule has 0 aromatic heterocycles. The van der Waals surface area contributed by atoms with Crippen molar-refractivity contribution in [2.75, 3.05) is 0 Å². The van der Waals surface area contributed by atoms with Crippen molar-refractivity contribution in [3.8, 4) is 0 Å². The van der Waals surface area contributed by atoms with Gasteiger partial charge >= 0.3 is 0 Å². The maximum Gasteiger partial charge on any atom is -0.00869 e. The summed E-state index contributed by atoms with van der Waals surface area (Å²) in [6, 6.07) is 0. The van der Waals surface area contributed by atoms with Gasteiger partial charge in [0.2, 0.25) is 0 Å². The van der Waals surface area contributed by atoms with Crippen LogP contribution in [0.4, 0.5) is 0 Å². The molecule has 0 N–H and O–H groups in total. The van der Waals surface area contributed by atoms with Crippen LogP contribution in [0.25, 0.3) is 0 Å². The summed E-state index contributed by atoms with van der Waals surface area (Å²) >= 11 is 0. The zero-order valence-corrected chi connectivity index (χ0v) is 5.15. The molecule has 8 heavy (non-hydrogen) atoms. The van der Waals surface area contributed by atoms with E-state index >= 15 is 0 Å². The van der Waals surface area contributed by atoms with Crippen LogP contribution in [-0.2, 0) is 0 Å². The first kappa shape index (κ1) is 5.40. The van der Waals surface area contributed by atoms with Crippen molar-refractivity contribution in [2.45, 2.75) is 19.8 Å². The Morgan fingerprint density at radius 3 is 3.00 bits per heavy atom. The molecule has 0 atom stereocenters. The van der Waals surface area contributed by atoms with Gasteiger partial charge in [0.1, 0.15) is 0 Å². The highest BCUT2D eigenvalue weighted by Gasteiger charge is 1.87. The van der Waals surface area contributed by atoms with E-state index in [1.54, 1.807) is 0 Å². The summed E-state index contributed by atoms with van der Waals surface area (Å²) in [5.41, 5.74) is 4.48. The fourth-order valence-corrected chi connectivity index (χ4v) is 0.750. The molecule has 0 saturated carbocycles. The molecular formula is C8H10. The lowest BCUT2D eigenvalue weighted by Gasteiger charge is -1.95. The monoisotopic (exact) mass is 106 g/mol. The summed E-state index contributed by atoms with van der Waals surface area (Å²) in [6.45, 7) is 2.16. The van der Waals surface area contributed by atoms with Gasteiger partial charge in [-0.1, -0.05) is 13.0 Å². The Morgan fingerprint density at radius 1 is 1.75 bits per heavy atom. The molecule has 1 aliphatic rings. The van der Waals surface area contributed by atoms with Crippen LogP contribution < -0.4 is 0 Å². The van der Waals surface area contributed by atoms with Gasteiger partial charge in [-0.3, -0.25) is 0 Å². The van der Waals surface area contributed by atoms with Crippen LogP contribution >= 0.6 is 0 Å². The first-order chi connectivity index (χ1) is 3.93. The average Bonchev–Trinajstić information content (AvgIpc) is 1.90. The van der Waals surface area contributed by atoms with Crippen LogP contribution in [0.15, 0.2) is 29.5 Å². The van der Waals surface area contributed by atoms with Gasteiger partial charge < -0.3 is 0 Å². The minimum atomic E-state index is 1.07. The van der Waals surface area contributed by atoms with E-state index in [0.29, 0.717) is 0 Å². The SMILES string of the molecule is CCC1=CCC=C=C1. The highest BCUT2D eigenvalue weighted by Crippen LogP contribution is 2.06. The molecule has 0 heterocycles. The summed E-state index contributed by atoms with van der Waals surface area (Å²) in [7, 11) is 0.